The first-order chi connectivity index (χ1) is 9.72. The molecular weight excluding hydrogens is 319 g/mol. The Kier molecular flexibility index (Phi) is 4.43. The third kappa shape index (κ3) is 3.29. The van der Waals surface area contributed by atoms with Crippen LogP contribution < -0.4 is 5.32 Å². The van der Waals surface area contributed by atoms with Gasteiger partial charge in [0.1, 0.15) is 5.82 Å². The van der Waals surface area contributed by atoms with Crippen LogP contribution >= 0.6 is 11.6 Å². The van der Waals surface area contributed by atoms with Gasteiger partial charge in [0.05, 0.1) is 16.0 Å². The zero-order valence-corrected chi connectivity index (χ0v) is 13.2. The number of hydrogen-bond acceptors (Lipinski definition) is 3. The van der Waals surface area contributed by atoms with Gasteiger partial charge in [-0.1, -0.05) is 11.6 Å². The number of halogens is 2. The van der Waals surface area contributed by atoms with Crippen LogP contribution in [0.25, 0.3) is 0 Å². The van der Waals surface area contributed by atoms with E-state index >= 15 is 0 Å². The van der Waals surface area contributed by atoms with Gasteiger partial charge < -0.3 is 10.2 Å². The molecule has 8 heteroatoms. The molecule has 1 aromatic carbocycles. The van der Waals surface area contributed by atoms with E-state index in [1.165, 1.54) is 17.0 Å². The predicted octanol–water partition coefficient (Wildman–Crippen LogP) is 2.52. The molecule has 1 heterocycles. The van der Waals surface area contributed by atoms with Crippen LogP contribution in [0.15, 0.2) is 18.2 Å². The van der Waals surface area contributed by atoms with Crippen molar-refractivity contribution in [2.75, 3.05) is 17.6 Å². The van der Waals surface area contributed by atoms with Crippen molar-refractivity contribution in [2.45, 2.75) is 25.1 Å². The van der Waals surface area contributed by atoms with Crippen LogP contribution in [-0.2, 0) is 9.84 Å². The summed E-state index contributed by atoms with van der Waals surface area (Å²) in [6, 6.07) is 3.05. The molecule has 5 nitrogen and oxygen atoms in total. The lowest BCUT2D eigenvalue weighted by molar-refractivity contribution is 0.191. The van der Waals surface area contributed by atoms with Crippen LogP contribution in [-0.4, -0.2) is 42.9 Å². The van der Waals surface area contributed by atoms with Crippen LogP contribution in [0.4, 0.5) is 14.9 Å². The van der Waals surface area contributed by atoms with Crippen molar-refractivity contribution in [3.05, 3.63) is 29.0 Å². The lowest BCUT2D eigenvalue weighted by Crippen LogP contribution is -2.55. The Bertz CT molecular complexity index is 665. The highest BCUT2D eigenvalue weighted by atomic mass is 35.5. The first kappa shape index (κ1) is 16.0. The molecule has 2 rings (SSSR count). The fraction of sp³-hybridized carbons (Fsp3) is 0.462. The minimum atomic E-state index is -3.16. The Morgan fingerprint density at radius 1 is 1.43 bits per heavy atom. The molecule has 21 heavy (non-hydrogen) atoms. The van der Waals surface area contributed by atoms with E-state index in [9.17, 15) is 17.6 Å². The Balaban J connectivity index is 2.12. The Hall–Kier alpha value is -1.34. The molecule has 0 aliphatic carbocycles. The summed E-state index contributed by atoms with van der Waals surface area (Å²) in [5.74, 6) is -0.696. The number of amides is 2. The third-order valence-corrected chi connectivity index (χ3v) is 6.37. The quantitative estimate of drug-likeness (QED) is 0.858. The average Bonchev–Trinajstić information content (AvgIpc) is 2.40. The molecule has 1 aliphatic heterocycles. The number of rotatable bonds is 1. The van der Waals surface area contributed by atoms with E-state index < -0.39 is 33.0 Å². The molecule has 0 spiro atoms. The van der Waals surface area contributed by atoms with Gasteiger partial charge in [-0.25, -0.2) is 17.6 Å². The maximum atomic E-state index is 13.3. The van der Waals surface area contributed by atoms with Crippen molar-refractivity contribution in [3.8, 4) is 0 Å². The highest BCUT2D eigenvalue weighted by molar-refractivity contribution is 7.92. The third-order valence-electron chi connectivity index (χ3n) is 3.79. The van der Waals surface area contributed by atoms with Gasteiger partial charge in [-0.05, 0) is 32.0 Å². The number of sulfone groups is 1. The molecule has 1 N–H and O–H groups in total. The summed E-state index contributed by atoms with van der Waals surface area (Å²) in [6.45, 7) is 3.39. The maximum absolute atomic E-state index is 13.3. The van der Waals surface area contributed by atoms with Gasteiger partial charge in [0.15, 0.2) is 9.84 Å². The first-order valence-electron chi connectivity index (χ1n) is 6.46. The Morgan fingerprint density at radius 2 is 2.10 bits per heavy atom. The number of nitrogens with zero attached hydrogens (tertiary/aromatic N) is 1. The minimum absolute atomic E-state index is 0.0287. The molecule has 0 radical (unpaired) electrons. The second-order valence-corrected chi connectivity index (χ2v) is 7.95. The number of hydrogen-bond donors (Lipinski definition) is 1. The van der Waals surface area contributed by atoms with Gasteiger partial charge in [-0.3, -0.25) is 0 Å². The Labute approximate surface area is 128 Å². The second kappa shape index (κ2) is 5.81. The maximum Gasteiger partial charge on any atom is 0.322 e. The summed E-state index contributed by atoms with van der Waals surface area (Å²) in [5, 5.41) is 1.90. The van der Waals surface area contributed by atoms with Crippen molar-refractivity contribution in [3.63, 3.8) is 0 Å². The van der Waals surface area contributed by atoms with Crippen LogP contribution in [0.2, 0.25) is 5.02 Å². The van der Waals surface area contributed by atoms with E-state index in [0.717, 1.165) is 6.07 Å². The van der Waals surface area contributed by atoms with Crippen molar-refractivity contribution >= 4 is 33.2 Å². The Morgan fingerprint density at radius 3 is 2.71 bits per heavy atom. The standard InChI is InChI=1S/C13H16ClFN2O3S/c1-8-9(2)21(19,20)6-5-17(8)13(18)16-10-3-4-11(14)12(15)7-10/h3-4,7-9H,5-6H2,1-2H3,(H,16,18)/t8-,9+/m1/s1. The van der Waals surface area contributed by atoms with Gasteiger partial charge in [0.2, 0.25) is 0 Å². The van der Waals surface area contributed by atoms with Crippen LogP contribution in [0.5, 0.6) is 0 Å². The number of carbonyl (C=O) groups excluding carboxylic acids is 1. The predicted molar refractivity (Wildman–Crippen MR) is 79.8 cm³/mol. The van der Waals surface area contributed by atoms with Crippen molar-refractivity contribution < 1.29 is 17.6 Å². The molecule has 0 unspecified atom stereocenters. The summed E-state index contributed by atoms with van der Waals surface area (Å²) in [5.41, 5.74) is 0.273. The van der Waals surface area contributed by atoms with Gasteiger partial charge in [0.25, 0.3) is 0 Å². The van der Waals surface area contributed by atoms with Crippen LogP contribution in [0, 0.1) is 5.82 Å². The fourth-order valence-corrected chi connectivity index (χ4v) is 3.91. The van der Waals surface area contributed by atoms with E-state index in [0.29, 0.717) is 0 Å². The normalized spacial score (nSPS) is 24.7. The van der Waals surface area contributed by atoms with Crippen molar-refractivity contribution in [1.82, 2.24) is 4.90 Å². The summed E-state index contributed by atoms with van der Waals surface area (Å²) in [4.78, 5) is 13.6. The summed E-state index contributed by atoms with van der Waals surface area (Å²) >= 11 is 5.57. The molecule has 1 saturated heterocycles. The van der Waals surface area contributed by atoms with Gasteiger partial charge in [-0.2, -0.15) is 0 Å². The smallest absolute Gasteiger partial charge is 0.320 e. The largest absolute Gasteiger partial charge is 0.322 e. The lowest BCUT2D eigenvalue weighted by atomic mass is 10.2. The van der Waals surface area contributed by atoms with E-state index in [1.807, 2.05) is 0 Å². The minimum Gasteiger partial charge on any atom is -0.320 e. The molecule has 2 atom stereocenters. The van der Waals surface area contributed by atoms with E-state index in [2.05, 4.69) is 5.32 Å². The van der Waals surface area contributed by atoms with E-state index in [1.54, 1.807) is 13.8 Å². The monoisotopic (exact) mass is 334 g/mol. The molecule has 2 amide bonds. The second-order valence-electron chi connectivity index (χ2n) is 5.07. The molecule has 0 aromatic heterocycles. The number of anilines is 1. The van der Waals surface area contributed by atoms with Gasteiger partial charge >= 0.3 is 6.03 Å². The number of nitrogens with one attached hydrogen (secondary N) is 1. The SMILES string of the molecule is C[C@@H]1[C@H](C)S(=O)(=O)CCN1C(=O)Nc1ccc(Cl)c(F)c1. The summed E-state index contributed by atoms with van der Waals surface area (Å²) in [7, 11) is -3.16. The average molecular weight is 335 g/mol. The number of benzene rings is 1. The molecule has 1 aliphatic rings. The van der Waals surface area contributed by atoms with E-state index in [4.69, 9.17) is 11.6 Å². The highest BCUT2D eigenvalue weighted by Gasteiger charge is 2.38. The highest BCUT2D eigenvalue weighted by Crippen LogP contribution is 2.22. The lowest BCUT2D eigenvalue weighted by Gasteiger charge is -2.37. The number of carbonyl (C=O) groups is 1. The zero-order valence-electron chi connectivity index (χ0n) is 11.6. The topological polar surface area (TPSA) is 66.5 Å². The number of urea groups is 1. The fourth-order valence-electron chi connectivity index (χ4n) is 2.22. The van der Waals surface area contributed by atoms with Crippen LogP contribution in [0.3, 0.4) is 0 Å². The van der Waals surface area contributed by atoms with Gasteiger partial charge in [-0.15, -0.1) is 0 Å². The first-order valence-corrected chi connectivity index (χ1v) is 8.56. The molecule has 1 fully saturated rings. The summed E-state index contributed by atoms with van der Waals surface area (Å²) < 4.78 is 36.9. The van der Waals surface area contributed by atoms with Crippen LogP contribution in [0.1, 0.15) is 13.8 Å². The van der Waals surface area contributed by atoms with E-state index in [-0.39, 0.29) is 23.0 Å². The molecule has 0 saturated carbocycles. The molecule has 1 aromatic rings. The molecule has 116 valence electrons. The van der Waals surface area contributed by atoms with Crippen molar-refractivity contribution in [2.24, 2.45) is 0 Å². The van der Waals surface area contributed by atoms with Crippen molar-refractivity contribution in [1.29, 1.82) is 0 Å². The molecular formula is C13H16ClFN2O3S. The van der Waals surface area contributed by atoms with Gasteiger partial charge in [0, 0.05) is 18.3 Å². The molecule has 0 bridgehead atoms. The zero-order chi connectivity index (χ0) is 15.8. The summed E-state index contributed by atoms with van der Waals surface area (Å²) in [6.07, 6.45) is 0.